The standard InChI is InChI=1S/C41H49FN6O6/c1-6-24-10-7-11-25-18-27(53-23-50-5)19-28(31(24)25)34-33(42)35-32-36(45-38(44-35)52-22-41-14-8-16-46(41)17-9-15-41)47-20-26-12-13-29(30(47)21-51-37(32)43-34)48(26)39(49)54-40(2,3)4/h7,10-11,18-19,26,29-30H,6,8-9,12-17,20-23H2,1-5H3/t26-,29+,30+/m1/s1. The first-order valence-corrected chi connectivity index (χ1v) is 19.4. The number of carbonyl (C=O) groups excluding carboxylic acids is 1. The van der Waals surface area contributed by atoms with Gasteiger partial charge in [-0.05, 0) is 107 Å². The summed E-state index contributed by atoms with van der Waals surface area (Å²) in [4.78, 5) is 35.1. The van der Waals surface area contributed by atoms with Gasteiger partial charge in [-0.15, -0.1) is 0 Å². The van der Waals surface area contributed by atoms with E-state index >= 15 is 4.39 Å². The summed E-state index contributed by atoms with van der Waals surface area (Å²) in [5.41, 5.74) is 1.13. The van der Waals surface area contributed by atoms with Crippen LogP contribution in [0.4, 0.5) is 15.0 Å². The molecule has 2 bridgehead atoms. The van der Waals surface area contributed by atoms with Gasteiger partial charge in [0.2, 0.25) is 5.88 Å². The number of rotatable bonds is 8. The Hall–Kier alpha value is -4.49. The lowest BCUT2D eigenvalue weighted by Gasteiger charge is -2.46. The maximum absolute atomic E-state index is 17.6. The third-order valence-electron chi connectivity index (χ3n) is 12.1. The summed E-state index contributed by atoms with van der Waals surface area (Å²) in [6.07, 6.45) is 6.38. The SMILES string of the molecule is CCc1cccc2cc(OCOC)cc(-c3nc4c5c(nc(OCC67CCCN6CCC7)nc5c3F)N3C[C@H]5CC[C@@H]([C@@H]3CO4)N5C(=O)OC(C)(C)C)c12. The first-order chi connectivity index (χ1) is 26.1. The van der Waals surface area contributed by atoms with Crippen molar-refractivity contribution in [3.63, 3.8) is 0 Å². The molecule has 1 amide bonds. The lowest BCUT2D eigenvalue weighted by Crippen LogP contribution is -2.63. The van der Waals surface area contributed by atoms with Crippen LogP contribution in [0, 0.1) is 5.82 Å². The molecule has 0 spiro atoms. The summed E-state index contributed by atoms with van der Waals surface area (Å²) < 4.78 is 47.8. The number of aromatic nitrogens is 3. The topological polar surface area (TPSA) is 112 Å². The fourth-order valence-corrected chi connectivity index (χ4v) is 9.74. The van der Waals surface area contributed by atoms with Crippen molar-refractivity contribution in [2.75, 3.05) is 51.7 Å². The first-order valence-electron chi connectivity index (χ1n) is 19.4. The van der Waals surface area contributed by atoms with E-state index in [9.17, 15) is 4.79 Å². The van der Waals surface area contributed by atoms with Gasteiger partial charge >= 0.3 is 12.1 Å². The van der Waals surface area contributed by atoms with E-state index in [2.05, 4.69) is 22.8 Å². The van der Waals surface area contributed by atoms with Crippen molar-refractivity contribution in [1.29, 1.82) is 0 Å². The highest BCUT2D eigenvalue weighted by molar-refractivity contribution is 6.03. The molecule has 0 radical (unpaired) electrons. The van der Waals surface area contributed by atoms with E-state index in [-0.39, 0.29) is 66.3 Å². The second-order valence-corrected chi connectivity index (χ2v) is 16.4. The average molecular weight is 741 g/mol. The van der Waals surface area contributed by atoms with Crippen LogP contribution in [0.1, 0.15) is 71.8 Å². The maximum Gasteiger partial charge on any atom is 0.410 e. The van der Waals surface area contributed by atoms with Gasteiger partial charge in [0.25, 0.3) is 0 Å². The van der Waals surface area contributed by atoms with Crippen molar-refractivity contribution >= 4 is 33.6 Å². The van der Waals surface area contributed by atoms with Crippen LogP contribution in [0.5, 0.6) is 17.6 Å². The Morgan fingerprint density at radius 1 is 1.04 bits per heavy atom. The predicted octanol–water partition coefficient (Wildman–Crippen LogP) is 6.89. The van der Waals surface area contributed by atoms with Crippen LogP contribution in [0.3, 0.4) is 0 Å². The zero-order valence-electron chi connectivity index (χ0n) is 31.8. The van der Waals surface area contributed by atoms with Gasteiger partial charge < -0.3 is 28.6 Å². The normalized spacial score (nSPS) is 23.0. The monoisotopic (exact) mass is 740 g/mol. The van der Waals surface area contributed by atoms with Crippen LogP contribution in [0.15, 0.2) is 30.3 Å². The molecule has 4 fully saturated rings. The van der Waals surface area contributed by atoms with Crippen molar-refractivity contribution < 1.29 is 32.9 Å². The molecule has 12 nitrogen and oxygen atoms in total. The van der Waals surface area contributed by atoms with Crippen LogP contribution < -0.4 is 19.1 Å². The molecule has 2 aromatic carbocycles. The number of benzene rings is 2. The van der Waals surface area contributed by atoms with Gasteiger partial charge in [0, 0.05) is 19.2 Å². The summed E-state index contributed by atoms with van der Waals surface area (Å²) in [5.74, 6) is 0.714. The second kappa shape index (κ2) is 13.4. The van der Waals surface area contributed by atoms with Crippen LogP contribution in [-0.2, 0) is 15.9 Å². The minimum Gasteiger partial charge on any atom is -0.475 e. The summed E-state index contributed by atoms with van der Waals surface area (Å²) in [6.45, 7) is 11.0. The van der Waals surface area contributed by atoms with E-state index in [0.29, 0.717) is 35.7 Å². The third kappa shape index (κ3) is 5.85. The van der Waals surface area contributed by atoms with E-state index in [0.717, 1.165) is 74.4 Å². The van der Waals surface area contributed by atoms with E-state index in [1.807, 2.05) is 49.9 Å². The van der Waals surface area contributed by atoms with Gasteiger partial charge in [-0.1, -0.05) is 25.1 Å². The van der Waals surface area contributed by atoms with Gasteiger partial charge in [0.15, 0.2) is 12.6 Å². The van der Waals surface area contributed by atoms with E-state index in [1.165, 1.54) is 0 Å². The first kappa shape index (κ1) is 35.2. The molecule has 0 aliphatic carbocycles. The Labute approximate surface area is 314 Å². The van der Waals surface area contributed by atoms with Gasteiger partial charge in [0.05, 0.1) is 23.7 Å². The molecule has 54 heavy (non-hydrogen) atoms. The number of piperazine rings is 1. The quantitative estimate of drug-likeness (QED) is 0.176. The average Bonchev–Trinajstić information content (AvgIpc) is 3.80. The van der Waals surface area contributed by atoms with Crippen molar-refractivity contribution in [1.82, 2.24) is 24.8 Å². The molecule has 4 saturated heterocycles. The predicted molar refractivity (Wildman–Crippen MR) is 202 cm³/mol. The molecule has 5 aliphatic heterocycles. The lowest BCUT2D eigenvalue weighted by atomic mass is 9.95. The molecule has 9 rings (SSSR count). The number of halogens is 1. The number of amides is 1. The molecule has 13 heteroatoms. The van der Waals surface area contributed by atoms with Crippen LogP contribution in [-0.4, -0.2) is 107 Å². The van der Waals surface area contributed by atoms with Gasteiger partial charge in [0.1, 0.15) is 47.0 Å². The molecular weight excluding hydrogens is 691 g/mol. The molecule has 5 aliphatic rings. The molecule has 0 unspecified atom stereocenters. The molecule has 0 saturated carbocycles. The number of fused-ring (bicyclic) bond motifs is 7. The smallest absolute Gasteiger partial charge is 0.410 e. The summed E-state index contributed by atoms with van der Waals surface area (Å²) in [5, 5.41) is 2.18. The summed E-state index contributed by atoms with van der Waals surface area (Å²) in [7, 11) is 1.56. The van der Waals surface area contributed by atoms with Gasteiger partial charge in [-0.2, -0.15) is 9.97 Å². The number of nitrogens with zero attached hydrogens (tertiary/aromatic N) is 6. The highest BCUT2D eigenvalue weighted by Crippen LogP contribution is 2.47. The Morgan fingerprint density at radius 2 is 1.85 bits per heavy atom. The number of hydrogen-bond acceptors (Lipinski definition) is 11. The minimum absolute atomic E-state index is 0.0380. The summed E-state index contributed by atoms with van der Waals surface area (Å²) in [6, 6.07) is 9.35. The van der Waals surface area contributed by atoms with Crippen molar-refractivity contribution in [2.24, 2.45) is 0 Å². The number of aryl methyl sites for hydroxylation is 1. The van der Waals surface area contributed by atoms with Crippen molar-refractivity contribution in [3.8, 4) is 28.9 Å². The largest absolute Gasteiger partial charge is 0.475 e. The molecule has 7 heterocycles. The maximum atomic E-state index is 17.6. The molecule has 3 atom stereocenters. The Kier molecular flexibility index (Phi) is 8.72. The second-order valence-electron chi connectivity index (χ2n) is 16.4. The van der Waals surface area contributed by atoms with E-state index in [1.54, 1.807) is 7.11 Å². The molecule has 0 N–H and O–H groups in total. The zero-order chi connectivity index (χ0) is 37.4. The number of anilines is 1. The molecular formula is C41H49FN6O6. The highest BCUT2D eigenvalue weighted by atomic mass is 19.1. The van der Waals surface area contributed by atoms with Crippen LogP contribution in [0.25, 0.3) is 32.9 Å². The fraction of sp³-hybridized carbons (Fsp3) is 0.561. The number of hydrogen-bond donors (Lipinski definition) is 0. The zero-order valence-corrected chi connectivity index (χ0v) is 31.8. The Bertz CT molecular complexity index is 2110. The molecule has 2 aromatic heterocycles. The summed E-state index contributed by atoms with van der Waals surface area (Å²) >= 11 is 0. The van der Waals surface area contributed by atoms with Gasteiger partial charge in [-0.3, -0.25) is 9.80 Å². The number of pyridine rings is 1. The number of ether oxygens (including phenoxy) is 5. The van der Waals surface area contributed by atoms with E-state index < -0.39 is 11.4 Å². The number of carbonyl (C=O) groups is 1. The van der Waals surface area contributed by atoms with Crippen molar-refractivity contribution in [2.45, 2.75) is 102 Å². The number of methoxy groups -OCH3 is 1. The molecule has 4 aromatic rings. The van der Waals surface area contributed by atoms with E-state index in [4.69, 9.17) is 38.6 Å². The van der Waals surface area contributed by atoms with Crippen LogP contribution >= 0.6 is 0 Å². The third-order valence-corrected chi connectivity index (χ3v) is 12.1. The lowest BCUT2D eigenvalue weighted by molar-refractivity contribution is 0.00537. The Balaban J connectivity index is 1.20. The van der Waals surface area contributed by atoms with Crippen molar-refractivity contribution in [3.05, 3.63) is 41.7 Å². The highest BCUT2D eigenvalue weighted by Gasteiger charge is 2.52. The van der Waals surface area contributed by atoms with Crippen LogP contribution in [0.2, 0.25) is 0 Å². The fourth-order valence-electron chi connectivity index (χ4n) is 9.74. The van der Waals surface area contributed by atoms with Gasteiger partial charge in [-0.25, -0.2) is 14.2 Å². The molecule has 286 valence electrons. The Morgan fingerprint density at radius 3 is 2.61 bits per heavy atom. The minimum atomic E-state index is -0.631.